The fraction of sp³-hybridized carbons (Fsp3) is 0.692. The SMILES string of the molecule is CC(C)(C)OC1CCC=CCCC=C1Br. The molecular weight excluding hydrogens is 252 g/mol. The van der Waals surface area contributed by atoms with E-state index in [1.54, 1.807) is 0 Å². The molecule has 0 amide bonds. The Morgan fingerprint density at radius 3 is 2.53 bits per heavy atom. The summed E-state index contributed by atoms with van der Waals surface area (Å²) in [5.41, 5.74) is -0.0741. The lowest BCUT2D eigenvalue weighted by Gasteiger charge is -2.27. The van der Waals surface area contributed by atoms with E-state index in [-0.39, 0.29) is 11.7 Å². The monoisotopic (exact) mass is 272 g/mol. The number of rotatable bonds is 1. The zero-order valence-electron chi connectivity index (χ0n) is 9.92. The molecule has 2 heteroatoms. The van der Waals surface area contributed by atoms with Crippen molar-refractivity contribution in [2.75, 3.05) is 0 Å². The van der Waals surface area contributed by atoms with E-state index in [2.05, 4.69) is 54.9 Å². The molecule has 0 aromatic carbocycles. The molecule has 0 saturated heterocycles. The van der Waals surface area contributed by atoms with Crippen molar-refractivity contribution in [2.45, 2.75) is 58.2 Å². The van der Waals surface area contributed by atoms with E-state index in [4.69, 9.17) is 4.74 Å². The van der Waals surface area contributed by atoms with Crippen LogP contribution in [0.15, 0.2) is 22.7 Å². The van der Waals surface area contributed by atoms with Crippen LogP contribution < -0.4 is 0 Å². The van der Waals surface area contributed by atoms with E-state index in [0.717, 1.165) is 25.7 Å². The van der Waals surface area contributed by atoms with Crippen LogP contribution in [-0.4, -0.2) is 11.7 Å². The number of allylic oxidation sites excluding steroid dienone is 3. The highest BCUT2D eigenvalue weighted by Crippen LogP contribution is 2.26. The predicted molar refractivity (Wildman–Crippen MR) is 69.2 cm³/mol. The molecule has 0 radical (unpaired) electrons. The fourth-order valence-electron chi connectivity index (χ4n) is 1.61. The van der Waals surface area contributed by atoms with Crippen LogP contribution in [0, 0.1) is 0 Å². The van der Waals surface area contributed by atoms with Crippen LogP contribution in [0.25, 0.3) is 0 Å². The second-order valence-electron chi connectivity index (χ2n) is 4.93. The first kappa shape index (κ1) is 13.0. The molecule has 1 rings (SSSR count). The van der Waals surface area contributed by atoms with Crippen molar-refractivity contribution in [3.8, 4) is 0 Å². The summed E-state index contributed by atoms with van der Waals surface area (Å²) in [7, 11) is 0. The number of halogens is 1. The molecule has 0 heterocycles. The third-order valence-corrected chi connectivity index (χ3v) is 3.07. The van der Waals surface area contributed by atoms with Gasteiger partial charge >= 0.3 is 0 Å². The normalized spacial score (nSPS) is 24.0. The average molecular weight is 273 g/mol. The van der Waals surface area contributed by atoms with Crippen molar-refractivity contribution in [1.29, 1.82) is 0 Å². The minimum absolute atomic E-state index is 0.0741. The molecule has 0 N–H and O–H groups in total. The molecule has 0 fully saturated rings. The van der Waals surface area contributed by atoms with Crippen molar-refractivity contribution in [3.05, 3.63) is 22.7 Å². The minimum Gasteiger partial charge on any atom is -0.367 e. The van der Waals surface area contributed by atoms with Crippen molar-refractivity contribution >= 4 is 15.9 Å². The molecule has 1 nitrogen and oxygen atoms in total. The van der Waals surface area contributed by atoms with Gasteiger partial charge < -0.3 is 4.74 Å². The first-order valence-corrected chi connectivity index (χ1v) is 6.47. The van der Waals surface area contributed by atoms with Crippen LogP contribution in [0.3, 0.4) is 0 Å². The van der Waals surface area contributed by atoms with Gasteiger partial charge in [0.15, 0.2) is 0 Å². The van der Waals surface area contributed by atoms with Crippen LogP contribution in [0.1, 0.15) is 46.5 Å². The summed E-state index contributed by atoms with van der Waals surface area (Å²) in [6, 6.07) is 0. The van der Waals surface area contributed by atoms with Gasteiger partial charge in [-0.05, 0) is 46.5 Å². The summed E-state index contributed by atoms with van der Waals surface area (Å²) in [4.78, 5) is 0. The van der Waals surface area contributed by atoms with Gasteiger partial charge in [-0.1, -0.05) is 34.2 Å². The maximum absolute atomic E-state index is 6.03. The topological polar surface area (TPSA) is 9.23 Å². The maximum Gasteiger partial charge on any atom is 0.0896 e. The molecule has 0 aliphatic heterocycles. The highest BCUT2D eigenvalue weighted by atomic mass is 79.9. The zero-order chi connectivity index (χ0) is 11.3. The van der Waals surface area contributed by atoms with E-state index >= 15 is 0 Å². The average Bonchev–Trinajstić information content (AvgIpc) is 2.19. The predicted octanol–water partition coefficient (Wildman–Crippen LogP) is 4.58. The third kappa shape index (κ3) is 5.53. The second-order valence-corrected chi connectivity index (χ2v) is 5.85. The first-order valence-electron chi connectivity index (χ1n) is 5.67. The lowest BCUT2D eigenvalue weighted by molar-refractivity contribution is -0.0418. The van der Waals surface area contributed by atoms with E-state index in [1.807, 2.05) is 0 Å². The molecule has 1 aliphatic rings. The summed E-state index contributed by atoms with van der Waals surface area (Å²) >= 11 is 3.64. The quantitative estimate of drug-likeness (QED) is 0.635. The van der Waals surface area contributed by atoms with Gasteiger partial charge in [0.2, 0.25) is 0 Å². The molecule has 1 atom stereocenters. The van der Waals surface area contributed by atoms with Gasteiger partial charge in [-0.3, -0.25) is 0 Å². The van der Waals surface area contributed by atoms with Crippen molar-refractivity contribution in [1.82, 2.24) is 0 Å². The van der Waals surface area contributed by atoms with Gasteiger partial charge in [0.05, 0.1) is 11.7 Å². The van der Waals surface area contributed by atoms with Gasteiger partial charge in [-0.15, -0.1) is 0 Å². The van der Waals surface area contributed by atoms with Crippen molar-refractivity contribution in [2.24, 2.45) is 0 Å². The van der Waals surface area contributed by atoms with E-state index in [9.17, 15) is 0 Å². The molecule has 1 aliphatic carbocycles. The number of ether oxygens (including phenoxy) is 1. The fourth-order valence-corrected chi connectivity index (χ4v) is 2.16. The summed E-state index contributed by atoms with van der Waals surface area (Å²) in [6.07, 6.45) is 11.4. The summed E-state index contributed by atoms with van der Waals surface area (Å²) in [5.74, 6) is 0. The Morgan fingerprint density at radius 1 is 1.20 bits per heavy atom. The number of hydrogen-bond donors (Lipinski definition) is 0. The summed E-state index contributed by atoms with van der Waals surface area (Å²) in [5, 5.41) is 0. The third-order valence-electron chi connectivity index (χ3n) is 2.24. The van der Waals surface area contributed by atoms with Gasteiger partial charge in [-0.25, -0.2) is 0 Å². The van der Waals surface area contributed by atoms with Crippen molar-refractivity contribution in [3.63, 3.8) is 0 Å². The zero-order valence-corrected chi connectivity index (χ0v) is 11.5. The van der Waals surface area contributed by atoms with Crippen LogP contribution in [0.4, 0.5) is 0 Å². The van der Waals surface area contributed by atoms with E-state index in [0.29, 0.717) is 0 Å². The molecule has 0 aromatic heterocycles. The largest absolute Gasteiger partial charge is 0.367 e. The Bertz CT molecular complexity index is 248. The smallest absolute Gasteiger partial charge is 0.0896 e. The Morgan fingerprint density at radius 2 is 1.87 bits per heavy atom. The standard InChI is InChI=1S/C13H21BrO/c1-13(2,3)15-12-10-8-6-4-5-7-9-11(12)14/h4,6,9,12H,5,7-8,10H2,1-3H3. The maximum atomic E-state index is 6.03. The Labute approximate surface area is 102 Å². The Balaban J connectivity index is 2.65. The molecule has 1 unspecified atom stereocenters. The minimum atomic E-state index is -0.0741. The van der Waals surface area contributed by atoms with Crippen LogP contribution in [0.5, 0.6) is 0 Å². The second kappa shape index (κ2) is 5.86. The summed E-state index contributed by atoms with van der Waals surface area (Å²) in [6.45, 7) is 6.32. The van der Waals surface area contributed by atoms with E-state index < -0.39 is 0 Å². The van der Waals surface area contributed by atoms with Gasteiger partial charge in [0.25, 0.3) is 0 Å². The highest BCUT2D eigenvalue weighted by molar-refractivity contribution is 9.11. The molecule has 0 spiro atoms. The molecule has 15 heavy (non-hydrogen) atoms. The van der Waals surface area contributed by atoms with Gasteiger partial charge in [0, 0.05) is 4.48 Å². The van der Waals surface area contributed by atoms with Crippen LogP contribution >= 0.6 is 15.9 Å². The first-order chi connectivity index (χ1) is 6.99. The lowest BCUT2D eigenvalue weighted by atomic mass is 10.1. The van der Waals surface area contributed by atoms with Crippen LogP contribution in [0.2, 0.25) is 0 Å². The molecular formula is C13H21BrO. The van der Waals surface area contributed by atoms with Gasteiger partial charge in [0.1, 0.15) is 0 Å². The highest BCUT2D eigenvalue weighted by Gasteiger charge is 2.20. The molecule has 0 aromatic rings. The Hall–Kier alpha value is -0.0800. The molecule has 0 bridgehead atoms. The number of hydrogen-bond acceptors (Lipinski definition) is 1. The van der Waals surface area contributed by atoms with E-state index in [1.165, 1.54) is 4.48 Å². The lowest BCUT2D eigenvalue weighted by Crippen LogP contribution is -2.27. The molecule has 0 saturated carbocycles. The van der Waals surface area contributed by atoms with Gasteiger partial charge in [-0.2, -0.15) is 0 Å². The summed E-state index contributed by atoms with van der Waals surface area (Å²) < 4.78 is 7.24. The molecule has 86 valence electrons. The van der Waals surface area contributed by atoms with Crippen molar-refractivity contribution < 1.29 is 4.74 Å². The van der Waals surface area contributed by atoms with Crippen LogP contribution in [-0.2, 0) is 4.74 Å². The Kier molecular flexibility index (Phi) is 5.07.